The SMILES string of the molecule is C=CCCCCCCCCCCCCCCCCCCCCCCBr. The Morgan fingerprint density at radius 2 is 0.640 bits per heavy atom. The van der Waals surface area contributed by atoms with E-state index in [0.717, 1.165) is 0 Å². The van der Waals surface area contributed by atoms with Gasteiger partial charge in [0.15, 0.2) is 0 Å². The summed E-state index contributed by atoms with van der Waals surface area (Å²) >= 11 is 3.50. The number of hydrogen-bond donors (Lipinski definition) is 0. The summed E-state index contributed by atoms with van der Waals surface area (Å²) < 4.78 is 0. The van der Waals surface area contributed by atoms with E-state index in [1.54, 1.807) is 0 Å². The molecule has 0 amide bonds. The molecule has 0 N–H and O–H groups in total. The second kappa shape index (κ2) is 24.2. The Morgan fingerprint density at radius 1 is 0.400 bits per heavy atom. The van der Waals surface area contributed by atoms with Gasteiger partial charge in [-0.1, -0.05) is 138 Å². The van der Waals surface area contributed by atoms with Crippen LogP contribution in [0.4, 0.5) is 0 Å². The maximum atomic E-state index is 3.78. The largest absolute Gasteiger partial charge is 0.103 e. The molecule has 150 valence electrons. The van der Waals surface area contributed by atoms with E-state index in [4.69, 9.17) is 0 Å². The summed E-state index contributed by atoms with van der Waals surface area (Å²) in [5.41, 5.74) is 0. The van der Waals surface area contributed by atoms with Gasteiger partial charge in [-0.2, -0.15) is 0 Å². The molecule has 0 fully saturated rings. The van der Waals surface area contributed by atoms with Crippen LogP contribution in [0, 0.1) is 0 Å². The number of rotatable bonds is 22. The molecule has 0 unspecified atom stereocenters. The number of unbranched alkanes of at least 4 members (excludes halogenated alkanes) is 20. The molecule has 0 saturated heterocycles. The van der Waals surface area contributed by atoms with Crippen LogP contribution in [0.2, 0.25) is 0 Å². The number of halogens is 1. The highest BCUT2D eigenvalue weighted by atomic mass is 79.9. The van der Waals surface area contributed by atoms with Gasteiger partial charge in [0.1, 0.15) is 0 Å². The summed E-state index contributed by atoms with van der Waals surface area (Å²) in [6.07, 6.45) is 32.3. The molecule has 0 spiro atoms. The zero-order valence-electron chi connectivity index (χ0n) is 17.2. The molecule has 0 aliphatic carbocycles. The average molecular weight is 416 g/mol. The molecular weight excluding hydrogens is 368 g/mol. The molecule has 0 radical (unpaired) electrons. The minimum absolute atomic E-state index is 1.18. The lowest BCUT2D eigenvalue weighted by molar-refractivity contribution is 0.522. The van der Waals surface area contributed by atoms with Gasteiger partial charge < -0.3 is 0 Å². The third-order valence-electron chi connectivity index (χ3n) is 5.29. The van der Waals surface area contributed by atoms with Crippen molar-refractivity contribution >= 4 is 15.9 Å². The van der Waals surface area contributed by atoms with E-state index in [9.17, 15) is 0 Å². The smallest absolute Gasteiger partial charge is 0.00313 e. The van der Waals surface area contributed by atoms with Crippen LogP contribution < -0.4 is 0 Å². The van der Waals surface area contributed by atoms with E-state index < -0.39 is 0 Å². The first kappa shape index (κ1) is 25.2. The topological polar surface area (TPSA) is 0 Å². The van der Waals surface area contributed by atoms with Crippen molar-refractivity contribution < 1.29 is 0 Å². The van der Waals surface area contributed by atoms with Gasteiger partial charge in [-0.3, -0.25) is 0 Å². The van der Waals surface area contributed by atoms with Crippen LogP contribution in [0.3, 0.4) is 0 Å². The summed E-state index contributed by atoms with van der Waals surface area (Å²) in [6.45, 7) is 3.78. The van der Waals surface area contributed by atoms with E-state index in [0.29, 0.717) is 0 Å². The zero-order chi connectivity index (χ0) is 18.3. The molecule has 0 aromatic carbocycles. The van der Waals surface area contributed by atoms with E-state index >= 15 is 0 Å². The molecule has 0 nitrogen and oxygen atoms in total. The predicted octanol–water partition coefficient (Wildman–Crippen LogP) is 9.76. The Kier molecular flexibility index (Phi) is 24.4. The first-order valence-electron chi connectivity index (χ1n) is 11.6. The van der Waals surface area contributed by atoms with Gasteiger partial charge in [0.25, 0.3) is 0 Å². The van der Waals surface area contributed by atoms with Gasteiger partial charge in [0.2, 0.25) is 0 Å². The molecule has 0 rings (SSSR count). The van der Waals surface area contributed by atoms with Crippen LogP contribution in [-0.4, -0.2) is 5.33 Å². The fraction of sp³-hybridized carbons (Fsp3) is 0.917. The molecule has 0 atom stereocenters. The molecular formula is C24H47Br. The molecule has 0 aliphatic rings. The van der Waals surface area contributed by atoms with E-state index in [1.807, 2.05) is 6.08 Å². The van der Waals surface area contributed by atoms with Gasteiger partial charge in [0.05, 0.1) is 0 Å². The first-order valence-corrected chi connectivity index (χ1v) is 12.7. The van der Waals surface area contributed by atoms with Crippen molar-refractivity contribution in [2.24, 2.45) is 0 Å². The van der Waals surface area contributed by atoms with Crippen molar-refractivity contribution in [2.45, 2.75) is 135 Å². The van der Waals surface area contributed by atoms with Gasteiger partial charge in [0, 0.05) is 5.33 Å². The lowest BCUT2D eigenvalue weighted by Gasteiger charge is -2.04. The van der Waals surface area contributed by atoms with Crippen molar-refractivity contribution in [3.8, 4) is 0 Å². The predicted molar refractivity (Wildman–Crippen MR) is 121 cm³/mol. The van der Waals surface area contributed by atoms with Gasteiger partial charge >= 0.3 is 0 Å². The zero-order valence-corrected chi connectivity index (χ0v) is 18.8. The monoisotopic (exact) mass is 414 g/mol. The lowest BCUT2D eigenvalue weighted by atomic mass is 10.0. The highest BCUT2D eigenvalue weighted by Crippen LogP contribution is 2.15. The van der Waals surface area contributed by atoms with Crippen molar-refractivity contribution in [3.63, 3.8) is 0 Å². The molecule has 0 saturated carbocycles. The summed E-state index contributed by atoms with van der Waals surface area (Å²) in [5, 5.41) is 1.18. The highest BCUT2D eigenvalue weighted by molar-refractivity contribution is 9.09. The molecule has 1 heteroatoms. The normalized spacial score (nSPS) is 11.1. The molecule has 0 aliphatic heterocycles. The average Bonchev–Trinajstić information content (AvgIpc) is 2.63. The van der Waals surface area contributed by atoms with Crippen molar-refractivity contribution in [1.82, 2.24) is 0 Å². The van der Waals surface area contributed by atoms with E-state index in [2.05, 4.69) is 22.5 Å². The summed E-state index contributed by atoms with van der Waals surface area (Å²) in [6, 6.07) is 0. The third kappa shape index (κ3) is 24.2. The number of allylic oxidation sites excluding steroid dienone is 1. The van der Waals surface area contributed by atoms with Gasteiger partial charge in [-0.05, 0) is 19.3 Å². The Bertz CT molecular complexity index is 236. The second-order valence-corrected chi connectivity index (χ2v) is 8.63. The summed E-state index contributed by atoms with van der Waals surface area (Å²) in [4.78, 5) is 0. The molecule has 0 heterocycles. The standard InChI is InChI=1S/C24H47Br/c1-2-3-4-5-6-7-8-9-10-11-12-13-14-15-16-17-18-19-20-21-22-23-24-25/h2H,1,3-24H2. The van der Waals surface area contributed by atoms with E-state index in [-0.39, 0.29) is 0 Å². The molecule has 25 heavy (non-hydrogen) atoms. The van der Waals surface area contributed by atoms with Crippen LogP contribution in [0.15, 0.2) is 12.7 Å². The van der Waals surface area contributed by atoms with Crippen LogP contribution in [0.25, 0.3) is 0 Å². The lowest BCUT2D eigenvalue weighted by Crippen LogP contribution is -1.84. The van der Waals surface area contributed by atoms with Crippen LogP contribution in [-0.2, 0) is 0 Å². The maximum absolute atomic E-state index is 3.78. The Morgan fingerprint density at radius 3 is 0.880 bits per heavy atom. The van der Waals surface area contributed by atoms with Crippen molar-refractivity contribution in [3.05, 3.63) is 12.7 Å². The molecule has 0 aromatic heterocycles. The van der Waals surface area contributed by atoms with Crippen LogP contribution in [0.5, 0.6) is 0 Å². The second-order valence-electron chi connectivity index (χ2n) is 7.84. The summed E-state index contributed by atoms with van der Waals surface area (Å²) in [7, 11) is 0. The number of hydrogen-bond acceptors (Lipinski definition) is 0. The quantitative estimate of drug-likeness (QED) is 0.0937. The van der Waals surface area contributed by atoms with Gasteiger partial charge in [-0.15, -0.1) is 6.58 Å². The Balaban J connectivity index is 2.95. The van der Waals surface area contributed by atoms with Crippen LogP contribution >= 0.6 is 15.9 Å². The van der Waals surface area contributed by atoms with Crippen molar-refractivity contribution in [2.75, 3.05) is 5.33 Å². The minimum Gasteiger partial charge on any atom is -0.103 e. The van der Waals surface area contributed by atoms with Crippen molar-refractivity contribution in [1.29, 1.82) is 0 Å². The maximum Gasteiger partial charge on any atom is 0.00313 e. The third-order valence-corrected chi connectivity index (χ3v) is 5.85. The van der Waals surface area contributed by atoms with Gasteiger partial charge in [-0.25, -0.2) is 0 Å². The molecule has 0 aromatic rings. The number of alkyl halides is 1. The minimum atomic E-state index is 1.18. The summed E-state index contributed by atoms with van der Waals surface area (Å²) in [5.74, 6) is 0. The fourth-order valence-corrected chi connectivity index (χ4v) is 3.96. The Hall–Kier alpha value is 0.220. The molecule has 0 bridgehead atoms. The van der Waals surface area contributed by atoms with E-state index in [1.165, 1.54) is 140 Å². The fourth-order valence-electron chi connectivity index (χ4n) is 3.57. The highest BCUT2D eigenvalue weighted by Gasteiger charge is 1.95. The Labute approximate surface area is 168 Å². The first-order chi connectivity index (χ1) is 12.4. The van der Waals surface area contributed by atoms with Crippen LogP contribution in [0.1, 0.15) is 135 Å².